The van der Waals surface area contributed by atoms with Gasteiger partial charge in [0.15, 0.2) is 0 Å². The molecule has 2 rings (SSSR count). The lowest BCUT2D eigenvalue weighted by Gasteiger charge is -2.43. The average molecular weight is 434 g/mol. The van der Waals surface area contributed by atoms with Gasteiger partial charge in [-0.05, 0) is 45.4 Å². The van der Waals surface area contributed by atoms with E-state index < -0.39 is 57.8 Å². The number of carbonyl (C=O) groups is 2. The fraction of sp³-hybridized carbons (Fsp3) is 0.579. The van der Waals surface area contributed by atoms with Crippen LogP contribution in [0.15, 0.2) is 18.2 Å². The molecule has 1 amide bonds. The number of hydrogen-bond acceptors (Lipinski definition) is 4. The SMILES string of the molecule is CC(CS(=O)C(C)(C)C)N1C(=O)C(CC(=O)O)OCC1c1ccc(Cl)c(F)c1. The van der Waals surface area contributed by atoms with Crippen LogP contribution < -0.4 is 0 Å². The first kappa shape index (κ1) is 22.8. The quantitative estimate of drug-likeness (QED) is 0.745. The molecule has 1 aliphatic rings. The van der Waals surface area contributed by atoms with Gasteiger partial charge in [0.25, 0.3) is 5.91 Å². The molecule has 1 aromatic carbocycles. The normalized spacial score (nSPS) is 22.8. The van der Waals surface area contributed by atoms with Crippen LogP contribution in [0.5, 0.6) is 0 Å². The minimum atomic E-state index is -1.23. The fourth-order valence-electron chi connectivity index (χ4n) is 3.03. The van der Waals surface area contributed by atoms with Crippen molar-refractivity contribution < 1.29 is 28.0 Å². The van der Waals surface area contributed by atoms with E-state index in [1.807, 2.05) is 20.8 Å². The van der Waals surface area contributed by atoms with Gasteiger partial charge < -0.3 is 14.7 Å². The van der Waals surface area contributed by atoms with Crippen molar-refractivity contribution in [1.82, 2.24) is 4.90 Å². The third kappa shape index (κ3) is 5.30. The summed E-state index contributed by atoms with van der Waals surface area (Å²) in [5.41, 5.74) is 0.484. The number of aliphatic carboxylic acids is 1. The van der Waals surface area contributed by atoms with Gasteiger partial charge in [0, 0.05) is 27.3 Å². The molecule has 1 aromatic rings. The molecular weight excluding hydrogens is 409 g/mol. The number of carbonyl (C=O) groups excluding carboxylic acids is 1. The highest BCUT2D eigenvalue weighted by molar-refractivity contribution is 7.86. The van der Waals surface area contributed by atoms with Gasteiger partial charge in [-0.15, -0.1) is 0 Å². The number of morpholine rings is 1. The number of hydrogen-bond donors (Lipinski definition) is 1. The summed E-state index contributed by atoms with van der Waals surface area (Å²) < 4.78 is 31.6. The van der Waals surface area contributed by atoms with E-state index in [2.05, 4.69) is 0 Å². The molecule has 28 heavy (non-hydrogen) atoms. The maximum atomic E-state index is 14.0. The molecule has 1 heterocycles. The third-order valence-corrected chi connectivity index (χ3v) is 7.02. The van der Waals surface area contributed by atoms with Gasteiger partial charge in [-0.1, -0.05) is 17.7 Å². The number of amides is 1. The van der Waals surface area contributed by atoms with Crippen LogP contribution >= 0.6 is 11.6 Å². The molecule has 1 N–H and O–H groups in total. The zero-order valence-corrected chi connectivity index (χ0v) is 17.8. The van der Waals surface area contributed by atoms with E-state index in [9.17, 15) is 18.2 Å². The number of carboxylic acid groups (broad SMARTS) is 1. The van der Waals surface area contributed by atoms with Crippen molar-refractivity contribution in [3.8, 4) is 0 Å². The van der Waals surface area contributed by atoms with Gasteiger partial charge in [-0.2, -0.15) is 0 Å². The number of halogens is 2. The van der Waals surface area contributed by atoms with Crippen LogP contribution in [0.2, 0.25) is 5.02 Å². The summed E-state index contributed by atoms with van der Waals surface area (Å²) in [6.45, 7) is 7.30. The fourth-order valence-corrected chi connectivity index (χ4v) is 4.25. The Hall–Kier alpha value is -1.51. The first-order chi connectivity index (χ1) is 12.9. The minimum Gasteiger partial charge on any atom is -0.481 e. The molecular formula is C19H25ClFNO5S. The number of nitrogens with zero attached hydrogens (tertiary/aromatic N) is 1. The standard InChI is InChI=1S/C19H25ClFNO5S/c1-11(10-28(26)19(2,3)4)22-15(12-5-6-13(20)14(21)7-12)9-27-16(18(22)25)8-17(23)24/h5-7,11,15-16H,8-10H2,1-4H3,(H,23,24). The highest BCUT2D eigenvalue weighted by Gasteiger charge is 2.41. The Bertz CT molecular complexity index is 782. The summed E-state index contributed by atoms with van der Waals surface area (Å²) in [6.07, 6.45) is -1.59. The number of carboxylic acids is 1. The van der Waals surface area contributed by atoms with Crippen LogP contribution in [0, 0.1) is 5.82 Å². The highest BCUT2D eigenvalue weighted by atomic mass is 35.5. The Kier molecular flexibility index (Phi) is 7.22. The van der Waals surface area contributed by atoms with E-state index in [1.165, 1.54) is 17.0 Å². The van der Waals surface area contributed by atoms with Crippen LogP contribution in [0.4, 0.5) is 4.39 Å². The Morgan fingerprint density at radius 2 is 2.11 bits per heavy atom. The van der Waals surface area contributed by atoms with Crippen LogP contribution in [-0.4, -0.2) is 55.3 Å². The van der Waals surface area contributed by atoms with Crippen molar-refractivity contribution in [3.05, 3.63) is 34.6 Å². The van der Waals surface area contributed by atoms with Gasteiger partial charge in [0.1, 0.15) is 11.9 Å². The molecule has 156 valence electrons. The molecule has 4 atom stereocenters. The molecule has 6 nitrogen and oxygen atoms in total. The highest BCUT2D eigenvalue weighted by Crippen LogP contribution is 2.32. The zero-order chi connectivity index (χ0) is 21.2. The monoisotopic (exact) mass is 433 g/mol. The van der Waals surface area contributed by atoms with Crippen molar-refractivity contribution >= 4 is 34.3 Å². The third-order valence-electron chi connectivity index (χ3n) is 4.56. The van der Waals surface area contributed by atoms with Crippen LogP contribution in [0.1, 0.15) is 45.7 Å². The van der Waals surface area contributed by atoms with Gasteiger partial charge in [0.2, 0.25) is 0 Å². The minimum absolute atomic E-state index is 0.0112. The van der Waals surface area contributed by atoms with E-state index in [1.54, 1.807) is 13.0 Å². The molecule has 0 bridgehead atoms. The second-order valence-corrected chi connectivity index (χ2v) is 10.5. The molecule has 1 saturated heterocycles. The predicted molar refractivity (Wildman–Crippen MR) is 105 cm³/mol. The lowest BCUT2D eigenvalue weighted by molar-refractivity contribution is -0.168. The summed E-state index contributed by atoms with van der Waals surface area (Å²) in [6, 6.07) is 3.15. The largest absolute Gasteiger partial charge is 0.481 e. The Labute approximate surface area is 171 Å². The summed E-state index contributed by atoms with van der Waals surface area (Å²) in [5.74, 6) is -2.07. The van der Waals surface area contributed by atoms with Gasteiger partial charge in [-0.3, -0.25) is 13.8 Å². The summed E-state index contributed by atoms with van der Waals surface area (Å²) in [4.78, 5) is 25.5. The number of ether oxygens (including phenoxy) is 1. The van der Waals surface area contributed by atoms with Crippen molar-refractivity contribution in [2.45, 2.75) is 57.1 Å². The molecule has 0 aliphatic carbocycles. The van der Waals surface area contributed by atoms with Crippen molar-refractivity contribution in [2.75, 3.05) is 12.4 Å². The Morgan fingerprint density at radius 3 is 2.64 bits per heavy atom. The molecule has 0 aromatic heterocycles. The van der Waals surface area contributed by atoms with E-state index in [0.717, 1.165) is 0 Å². The smallest absolute Gasteiger partial charge is 0.306 e. The van der Waals surface area contributed by atoms with Crippen molar-refractivity contribution in [1.29, 1.82) is 0 Å². The van der Waals surface area contributed by atoms with Crippen LogP contribution in [-0.2, 0) is 25.1 Å². The average Bonchev–Trinajstić information content (AvgIpc) is 2.57. The Morgan fingerprint density at radius 1 is 1.46 bits per heavy atom. The summed E-state index contributed by atoms with van der Waals surface area (Å²) >= 11 is 5.75. The van der Waals surface area contributed by atoms with Gasteiger partial charge in [0.05, 0.1) is 24.1 Å². The molecule has 0 saturated carbocycles. The maximum absolute atomic E-state index is 14.0. The lowest BCUT2D eigenvalue weighted by atomic mass is 10.0. The Balaban J connectivity index is 2.36. The van der Waals surface area contributed by atoms with Crippen LogP contribution in [0.3, 0.4) is 0 Å². The molecule has 1 fully saturated rings. The van der Waals surface area contributed by atoms with E-state index in [-0.39, 0.29) is 17.4 Å². The molecule has 1 aliphatic heterocycles. The van der Waals surface area contributed by atoms with E-state index in [4.69, 9.17) is 21.4 Å². The molecule has 9 heteroatoms. The summed E-state index contributed by atoms with van der Waals surface area (Å²) in [5, 5.41) is 9.01. The zero-order valence-electron chi connectivity index (χ0n) is 16.3. The molecule has 4 unspecified atom stereocenters. The lowest BCUT2D eigenvalue weighted by Crippen LogP contribution is -2.55. The first-order valence-corrected chi connectivity index (χ1v) is 10.6. The van der Waals surface area contributed by atoms with Gasteiger partial charge >= 0.3 is 5.97 Å². The molecule has 0 spiro atoms. The van der Waals surface area contributed by atoms with Gasteiger partial charge in [-0.25, -0.2) is 4.39 Å². The second kappa shape index (κ2) is 8.88. The molecule has 0 radical (unpaired) electrons. The first-order valence-electron chi connectivity index (χ1n) is 8.90. The van der Waals surface area contributed by atoms with Crippen molar-refractivity contribution in [3.63, 3.8) is 0 Å². The van der Waals surface area contributed by atoms with E-state index in [0.29, 0.717) is 5.56 Å². The second-order valence-electron chi connectivity index (χ2n) is 7.83. The maximum Gasteiger partial charge on any atom is 0.306 e. The van der Waals surface area contributed by atoms with E-state index >= 15 is 0 Å². The summed E-state index contributed by atoms with van der Waals surface area (Å²) in [7, 11) is -1.23. The topological polar surface area (TPSA) is 83.9 Å². The number of rotatable bonds is 6. The number of benzene rings is 1. The van der Waals surface area contributed by atoms with Crippen LogP contribution in [0.25, 0.3) is 0 Å². The van der Waals surface area contributed by atoms with Crippen molar-refractivity contribution in [2.24, 2.45) is 0 Å². The predicted octanol–water partition coefficient (Wildman–Crippen LogP) is 3.16.